The van der Waals surface area contributed by atoms with Gasteiger partial charge in [-0.25, -0.2) is 0 Å². The third-order valence-corrected chi connectivity index (χ3v) is 4.76. The summed E-state index contributed by atoms with van der Waals surface area (Å²) in [6.07, 6.45) is 2.09. The lowest BCUT2D eigenvalue weighted by molar-refractivity contribution is 0.0117. The van der Waals surface area contributed by atoms with Crippen molar-refractivity contribution in [2.45, 2.75) is 45.3 Å². The summed E-state index contributed by atoms with van der Waals surface area (Å²) in [6, 6.07) is 6.86. The summed E-state index contributed by atoms with van der Waals surface area (Å²) < 4.78 is 7.96. The summed E-state index contributed by atoms with van der Waals surface area (Å²) in [5, 5.41) is 3.57. The van der Waals surface area contributed by atoms with Crippen molar-refractivity contribution in [3.05, 3.63) is 31.8 Å². The molecule has 1 aromatic rings. The van der Waals surface area contributed by atoms with E-state index in [2.05, 4.69) is 82.8 Å². The molecule has 0 fully saturated rings. The molecule has 1 rings (SSSR count). The number of hydrogen-bond acceptors (Lipinski definition) is 2. The summed E-state index contributed by atoms with van der Waals surface area (Å²) >= 11 is 6.03. The first-order chi connectivity index (χ1) is 8.89. The van der Waals surface area contributed by atoms with E-state index in [1.54, 1.807) is 7.11 Å². The highest BCUT2D eigenvalue weighted by Crippen LogP contribution is 2.30. The van der Waals surface area contributed by atoms with Gasteiger partial charge in [0.15, 0.2) is 0 Å². The molecule has 1 aromatic carbocycles. The normalized spacial score (nSPS) is 13.6. The van der Waals surface area contributed by atoms with E-state index in [1.807, 2.05) is 0 Å². The van der Waals surface area contributed by atoms with Crippen LogP contribution in [0.2, 0.25) is 0 Å². The van der Waals surface area contributed by atoms with Crippen LogP contribution in [-0.2, 0) is 4.74 Å². The Balaban J connectivity index is 2.85. The van der Waals surface area contributed by atoms with Crippen LogP contribution in [0.3, 0.4) is 0 Å². The van der Waals surface area contributed by atoms with Gasteiger partial charge in [0.2, 0.25) is 0 Å². The average Bonchev–Trinajstić information content (AvgIpc) is 2.37. The second-order valence-electron chi connectivity index (χ2n) is 5.28. The van der Waals surface area contributed by atoms with Crippen LogP contribution in [0.15, 0.2) is 22.7 Å². The molecule has 0 saturated carbocycles. The van der Waals surface area contributed by atoms with E-state index in [9.17, 15) is 0 Å². The number of hydrogen-bond donors (Lipinski definition) is 1. The van der Waals surface area contributed by atoms with E-state index in [-0.39, 0.29) is 5.60 Å². The zero-order valence-corrected chi connectivity index (χ0v) is 15.8. The van der Waals surface area contributed by atoms with E-state index in [1.165, 1.54) is 13.6 Å². The highest BCUT2D eigenvalue weighted by atomic mass is 127. The van der Waals surface area contributed by atoms with Gasteiger partial charge in [0.25, 0.3) is 0 Å². The van der Waals surface area contributed by atoms with Crippen molar-refractivity contribution in [2.75, 3.05) is 13.7 Å². The highest BCUT2D eigenvalue weighted by Gasteiger charge is 2.21. The molecule has 0 radical (unpaired) electrons. The molecule has 19 heavy (non-hydrogen) atoms. The van der Waals surface area contributed by atoms with Crippen molar-refractivity contribution in [3.63, 3.8) is 0 Å². The third-order valence-electron chi connectivity index (χ3n) is 3.37. The van der Waals surface area contributed by atoms with Crippen molar-refractivity contribution < 1.29 is 4.74 Å². The molecule has 108 valence electrons. The number of nitrogens with one attached hydrogen (secondary N) is 1. The van der Waals surface area contributed by atoms with E-state index >= 15 is 0 Å². The fraction of sp³-hybridized carbons (Fsp3) is 0.600. The molecule has 1 atom stereocenters. The molecule has 0 aromatic heterocycles. The molecule has 0 bridgehead atoms. The lowest BCUT2D eigenvalue weighted by atomic mass is 9.95. The zero-order valence-electron chi connectivity index (χ0n) is 12.1. The summed E-state index contributed by atoms with van der Waals surface area (Å²) in [7, 11) is 1.78. The molecule has 0 saturated heterocycles. The Labute approximate surface area is 139 Å². The van der Waals surface area contributed by atoms with Crippen LogP contribution < -0.4 is 5.32 Å². The molecule has 0 amide bonds. The second-order valence-corrected chi connectivity index (χ2v) is 7.38. The number of benzene rings is 1. The minimum absolute atomic E-state index is 0.0674. The minimum Gasteiger partial charge on any atom is -0.379 e. The van der Waals surface area contributed by atoms with Crippen LogP contribution in [0.1, 0.15) is 45.2 Å². The first-order valence-electron chi connectivity index (χ1n) is 6.63. The van der Waals surface area contributed by atoms with Crippen LogP contribution in [-0.4, -0.2) is 19.3 Å². The van der Waals surface area contributed by atoms with Gasteiger partial charge in [-0.05, 0) is 79.6 Å². The van der Waals surface area contributed by atoms with Gasteiger partial charge in [-0.1, -0.05) is 22.9 Å². The van der Waals surface area contributed by atoms with Crippen molar-refractivity contribution >= 4 is 38.5 Å². The average molecular weight is 440 g/mol. The smallest absolute Gasteiger partial charge is 0.0623 e. The second kappa shape index (κ2) is 7.96. The Hall–Kier alpha value is 0.350. The van der Waals surface area contributed by atoms with Crippen LogP contribution in [0.25, 0.3) is 0 Å². The number of halogens is 2. The van der Waals surface area contributed by atoms with Crippen molar-refractivity contribution in [1.82, 2.24) is 5.32 Å². The van der Waals surface area contributed by atoms with Crippen LogP contribution >= 0.6 is 38.5 Å². The molecular formula is C15H23BrINO. The number of methoxy groups -OCH3 is 1. The maximum Gasteiger partial charge on any atom is 0.0623 e. The molecule has 2 nitrogen and oxygen atoms in total. The Kier molecular flexibility index (Phi) is 7.29. The Morgan fingerprint density at radius 1 is 1.42 bits per heavy atom. The Morgan fingerprint density at radius 2 is 2.11 bits per heavy atom. The molecule has 0 aliphatic rings. The number of rotatable bonds is 7. The van der Waals surface area contributed by atoms with Crippen molar-refractivity contribution in [1.29, 1.82) is 0 Å². The monoisotopic (exact) mass is 439 g/mol. The predicted molar refractivity (Wildman–Crippen MR) is 93.6 cm³/mol. The molecule has 1 N–H and O–H groups in total. The fourth-order valence-corrected chi connectivity index (χ4v) is 3.03. The highest BCUT2D eigenvalue weighted by molar-refractivity contribution is 14.1. The fourth-order valence-electron chi connectivity index (χ4n) is 1.99. The van der Waals surface area contributed by atoms with Gasteiger partial charge in [0.1, 0.15) is 0 Å². The van der Waals surface area contributed by atoms with Gasteiger partial charge < -0.3 is 10.1 Å². The van der Waals surface area contributed by atoms with E-state index in [0.717, 1.165) is 19.4 Å². The SMILES string of the molecule is CCNC(CCC(C)(C)OC)c1cc(I)ccc1Br. The zero-order chi connectivity index (χ0) is 14.5. The maximum atomic E-state index is 5.52. The molecule has 0 aliphatic heterocycles. The van der Waals surface area contributed by atoms with Crippen LogP contribution in [0.5, 0.6) is 0 Å². The largest absolute Gasteiger partial charge is 0.379 e. The van der Waals surface area contributed by atoms with E-state index in [4.69, 9.17) is 4.74 Å². The van der Waals surface area contributed by atoms with Gasteiger partial charge in [0, 0.05) is 21.2 Å². The molecule has 1 unspecified atom stereocenters. The Bertz CT molecular complexity index is 409. The van der Waals surface area contributed by atoms with Crippen molar-refractivity contribution in [2.24, 2.45) is 0 Å². The molecule has 0 heterocycles. The van der Waals surface area contributed by atoms with Gasteiger partial charge in [-0.3, -0.25) is 0 Å². The summed E-state index contributed by atoms with van der Waals surface area (Å²) in [5.74, 6) is 0. The van der Waals surface area contributed by atoms with E-state index < -0.39 is 0 Å². The summed E-state index contributed by atoms with van der Waals surface area (Å²) in [6.45, 7) is 7.39. The quantitative estimate of drug-likeness (QED) is 0.609. The van der Waals surface area contributed by atoms with Crippen LogP contribution in [0, 0.1) is 3.57 Å². The van der Waals surface area contributed by atoms with Crippen molar-refractivity contribution in [3.8, 4) is 0 Å². The number of ether oxygens (including phenoxy) is 1. The molecule has 4 heteroatoms. The first-order valence-corrected chi connectivity index (χ1v) is 8.50. The molecule has 0 spiro atoms. The Morgan fingerprint density at radius 3 is 2.68 bits per heavy atom. The topological polar surface area (TPSA) is 21.3 Å². The van der Waals surface area contributed by atoms with Gasteiger partial charge in [-0.15, -0.1) is 0 Å². The maximum absolute atomic E-state index is 5.52. The lowest BCUT2D eigenvalue weighted by Crippen LogP contribution is -2.27. The minimum atomic E-state index is -0.0674. The van der Waals surface area contributed by atoms with E-state index in [0.29, 0.717) is 6.04 Å². The molecular weight excluding hydrogens is 417 g/mol. The first kappa shape index (κ1) is 17.4. The summed E-state index contributed by atoms with van der Waals surface area (Å²) in [4.78, 5) is 0. The van der Waals surface area contributed by atoms with Gasteiger partial charge in [-0.2, -0.15) is 0 Å². The third kappa shape index (κ3) is 5.69. The lowest BCUT2D eigenvalue weighted by Gasteiger charge is -2.27. The van der Waals surface area contributed by atoms with Gasteiger partial charge >= 0.3 is 0 Å². The standard InChI is InChI=1S/C15H23BrINO/c1-5-18-14(8-9-15(2,3)19-4)12-10-11(17)6-7-13(12)16/h6-7,10,14,18H,5,8-9H2,1-4H3. The van der Waals surface area contributed by atoms with Gasteiger partial charge in [0.05, 0.1) is 5.60 Å². The predicted octanol–water partition coefficient (Wildman–Crippen LogP) is 4.91. The molecule has 0 aliphatic carbocycles. The van der Waals surface area contributed by atoms with Crippen LogP contribution in [0.4, 0.5) is 0 Å². The summed E-state index contributed by atoms with van der Waals surface area (Å²) in [5.41, 5.74) is 1.27.